The molecule has 1 amide bonds. The molecule has 7 nitrogen and oxygen atoms in total. The van der Waals surface area contributed by atoms with Crippen LogP contribution < -0.4 is 5.32 Å². The molecule has 0 aliphatic carbocycles. The van der Waals surface area contributed by atoms with Crippen molar-refractivity contribution in [3.63, 3.8) is 0 Å². The smallest absolute Gasteiger partial charge is 0.281 e. The molecule has 0 aromatic heterocycles. The highest BCUT2D eigenvalue weighted by Crippen LogP contribution is 2.10. The Bertz CT molecular complexity index is 634. The lowest BCUT2D eigenvalue weighted by Gasteiger charge is -2.20. The van der Waals surface area contributed by atoms with Crippen molar-refractivity contribution in [2.45, 2.75) is 0 Å². The third-order valence-electron chi connectivity index (χ3n) is 2.50. The minimum Gasteiger partial charge on any atom is -0.325 e. The van der Waals surface area contributed by atoms with Crippen LogP contribution in [0.5, 0.6) is 0 Å². The molecule has 0 saturated heterocycles. The van der Waals surface area contributed by atoms with Gasteiger partial charge in [0, 0.05) is 26.8 Å². The van der Waals surface area contributed by atoms with Gasteiger partial charge in [-0.25, -0.2) is 0 Å². The van der Waals surface area contributed by atoms with Gasteiger partial charge < -0.3 is 5.32 Å². The number of carbonyl (C=O) groups is 1. The first-order valence-corrected chi connectivity index (χ1v) is 7.11. The normalized spacial score (nSPS) is 11.4. The summed E-state index contributed by atoms with van der Waals surface area (Å²) in [5.41, 5.74) is 0.863. The fraction of sp³-hybridized carbons (Fsp3) is 0.333. The standard InChI is InChI=1S/C12H16N4O3S/c1-15(2)20(18,19)16(3)9-12(17)14-11-6-4-5-10(7-11)8-13/h4-7H,9H2,1-3H3,(H,14,17). The zero-order valence-electron chi connectivity index (χ0n) is 11.5. The Labute approximate surface area is 118 Å². The number of nitrogens with zero attached hydrogens (tertiary/aromatic N) is 3. The Morgan fingerprint density at radius 2 is 2.00 bits per heavy atom. The molecule has 0 unspecified atom stereocenters. The largest absolute Gasteiger partial charge is 0.325 e. The molecule has 1 N–H and O–H groups in total. The average Bonchev–Trinajstić information content (AvgIpc) is 2.38. The molecular weight excluding hydrogens is 280 g/mol. The van der Waals surface area contributed by atoms with E-state index in [0.717, 1.165) is 8.61 Å². The van der Waals surface area contributed by atoms with Gasteiger partial charge >= 0.3 is 0 Å². The third-order valence-corrected chi connectivity index (χ3v) is 4.34. The van der Waals surface area contributed by atoms with Crippen LogP contribution in [0.25, 0.3) is 0 Å². The van der Waals surface area contributed by atoms with Gasteiger partial charge in [0.15, 0.2) is 0 Å². The summed E-state index contributed by atoms with van der Waals surface area (Å²) in [6.07, 6.45) is 0. The second-order valence-electron chi connectivity index (χ2n) is 4.29. The molecule has 1 aromatic carbocycles. The van der Waals surface area contributed by atoms with Gasteiger partial charge in [-0.2, -0.15) is 22.3 Å². The van der Waals surface area contributed by atoms with E-state index >= 15 is 0 Å². The van der Waals surface area contributed by atoms with Crippen LogP contribution in [0.3, 0.4) is 0 Å². The maximum Gasteiger partial charge on any atom is 0.281 e. The molecular formula is C12H16N4O3S. The first-order valence-electron chi connectivity index (χ1n) is 5.71. The van der Waals surface area contributed by atoms with E-state index in [1.54, 1.807) is 18.2 Å². The first-order chi connectivity index (χ1) is 9.27. The molecule has 0 aliphatic heterocycles. The number of carbonyl (C=O) groups excluding carboxylic acids is 1. The first kappa shape index (κ1) is 16.1. The molecule has 0 radical (unpaired) electrons. The highest BCUT2D eigenvalue weighted by Gasteiger charge is 2.22. The van der Waals surface area contributed by atoms with E-state index in [0.29, 0.717) is 11.3 Å². The molecule has 8 heteroatoms. The van der Waals surface area contributed by atoms with Crippen LogP contribution in [0.15, 0.2) is 24.3 Å². The van der Waals surface area contributed by atoms with Crippen molar-refractivity contribution in [1.29, 1.82) is 5.26 Å². The van der Waals surface area contributed by atoms with E-state index in [1.807, 2.05) is 6.07 Å². The van der Waals surface area contributed by atoms with Crippen LogP contribution in [-0.4, -0.2) is 50.6 Å². The maximum absolute atomic E-state index is 11.8. The van der Waals surface area contributed by atoms with E-state index in [-0.39, 0.29) is 6.54 Å². The van der Waals surface area contributed by atoms with Crippen LogP contribution in [-0.2, 0) is 15.0 Å². The highest BCUT2D eigenvalue weighted by molar-refractivity contribution is 7.86. The number of nitriles is 1. The van der Waals surface area contributed by atoms with Crippen LogP contribution in [0.4, 0.5) is 5.69 Å². The number of hydrogen-bond acceptors (Lipinski definition) is 4. The molecule has 0 fully saturated rings. The highest BCUT2D eigenvalue weighted by atomic mass is 32.2. The quantitative estimate of drug-likeness (QED) is 0.842. The van der Waals surface area contributed by atoms with Crippen LogP contribution in [0.1, 0.15) is 5.56 Å². The van der Waals surface area contributed by atoms with Crippen LogP contribution in [0, 0.1) is 11.3 Å². The number of nitrogens with one attached hydrogen (secondary N) is 1. The number of anilines is 1. The summed E-state index contributed by atoms with van der Waals surface area (Å²) in [7, 11) is 0.475. The summed E-state index contributed by atoms with van der Waals surface area (Å²) < 4.78 is 25.5. The number of rotatable bonds is 5. The molecule has 0 heterocycles. The zero-order chi connectivity index (χ0) is 15.3. The minimum absolute atomic E-state index is 0.308. The monoisotopic (exact) mass is 296 g/mol. The summed E-state index contributed by atoms with van der Waals surface area (Å²) >= 11 is 0. The molecule has 0 atom stereocenters. The van der Waals surface area contributed by atoms with Gasteiger partial charge in [-0.15, -0.1) is 0 Å². The topological polar surface area (TPSA) is 93.5 Å². The van der Waals surface area contributed by atoms with Gasteiger partial charge in [-0.05, 0) is 18.2 Å². The second-order valence-corrected chi connectivity index (χ2v) is 6.54. The second kappa shape index (κ2) is 6.47. The molecule has 1 aromatic rings. The summed E-state index contributed by atoms with van der Waals surface area (Å²) in [6.45, 7) is -0.308. The number of amides is 1. The van der Waals surface area contributed by atoms with Crippen molar-refractivity contribution in [3.8, 4) is 6.07 Å². The molecule has 20 heavy (non-hydrogen) atoms. The lowest BCUT2D eigenvalue weighted by molar-refractivity contribution is -0.116. The molecule has 108 valence electrons. The van der Waals surface area contributed by atoms with Gasteiger partial charge in [0.2, 0.25) is 5.91 Å². The Balaban J connectivity index is 2.71. The van der Waals surface area contributed by atoms with Gasteiger partial charge in [0.05, 0.1) is 18.2 Å². The van der Waals surface area contributed by atoms with Gasteiger partial charge in [-0.1, -0.05) is 6.07 Å². The van der Waals surface area contributed by atoms with Crippen molar-refractivity contribution in [3.05, 3.63) is 29.8 Å². The van der Waals surface area contributed by atoms with Crippen molar-refractivity contribution in [2.24, 2.45) is 0 Å². The molecule has 0 spiro atoms. The molecule has 0 saturated carbocycles. The Morgan fingerprint density at radius 3 is 2.55 bits per heavy atom. The van der Waals surface area contributed by atoms with E-state index in [4.69, 9.17) is 5.26 Å². The predicted octanol–water partition coefficient (Wildman–Crippen LogP) is 0.235. The lowest BCUT2D eigenvalue weighted by atomic mass is 10.2. The summed E-state index contributed by atoms with van der Waals surface area (Å²) in [5.74, 6) is -0.479. The summed E-state index contributed by atoms with van der Waals surface area (Å²) in [5, 5.41) is 11.3. The van der Waals surface area contributed by atoms with E-state index < -0.39 is 16.1 Å². The Morgan fingerprint density at radius 1 is 1.35 bits per heavy atom. The van der Waals surface area contributed by atoms with Crippen molar-refractivity contribution >= 4 is 21.8 Å². The van der Waals surface area contributed by atoms with Gasteiger partial charge in [0.1, 0.15) is 0 Å². The lowest BCUT2D eigenvalue weighted by Crippen LogP contribution is -2.41. The third kappa shape index (κ3) is 4.03. The van der Waals surface area contributed by atoms with Crippen LogP contribution in [0.2, 0.25) is 0 Å². The van der Waals surface area contributed by atoms with E-state index in [9.17, 15) is 13.2 Å². The summed E-state index contributed by atoms with van der Waals surface area (Å²) in [4.78, 5) is 11.8. The summed E-state index contributed by atoms with van der Waals surface area (Å²) in [6, 6.07) is 8.34. The zero-order valence-corrected chi connectivity index (χ0v) is 12.3. The maximum atomic E-state index is 11.8. The predicted molar refractivity (Wildman–Crippen MR) is 75.0 cm³/mol. The van der Waals surface area contributed by atoms with Gasteiger partial charge in [0.25, 0.3) is 10.2 Å². The molecule has 0 bridgehead atoms. The van der Waals surface area contributed by atoms with Gasteiger partial charge in [-0.3, -0.25) is 4.79 Å². The number of hydrogen-bond donors (Lipinski definition) is 1. The fourth-order valence-electron chi connectivity index (χ4n) is 1.43. The van der Waals surface area contributed by atoms with Crippen molar-refractivity contribution in [2.75, 3.05) is 33.0 Å². The van der Waals surface area contributed by atoms with E-state index in [2.05, 4.69) is 5.32 Å². The molecule has 1 rings (SSSR count). The minimum atomic E-state index is -3.62. The van der Waals surface area contributed by atoms with Crippen molar-refractivity contribution in [1.82, 2.24) is 8.61 Å². The number of benzene rings is 1. The number of likely N-dealkylation sites (N-methyl/N-ethyl adjacent to an activating group) is 1. The molecule has 0 aliphatic rings. The Kier molecular flexibility index (Phi) is 5.21. The van der Waals surface area contributed by atoms with Crippen molar-refractivity contribution < 1.29 is 13.2 Å². The van der Waals surface area contributed by atoms with E-state index in [1.165, 1.54) is 27.2 Å². The fourth-order valence-corrected chi connectivity index (χ4v) is 2.27. The SMILES string of the molecule is CN(C)S(=O)(=O)N(C)CC(=O)Nc1cccc(C#N)c1. The van der Waals surface area contributed by atoms with Crippen LogP contribution >= 0.6 is 0 Å². The Hall–Kier alpha value is -1.95. The average molecular weight is 296 g/mol.